The van der Waals surface area contributed by atoms with Crippen LogP contribution in [-0.4, -0.2) is 51.5 Å². The van der Waals surface area contributed by atoms with Crippen LogP contribution in [-0.2, 0) is 16.1 Å². The van der Waals surface area contributed by atoms with E-state index in [0.717, 1.165) is 0 Å². The largest absolute Gasteiger partial charge is 0.508 e. The molecule has 1 atom stereocenters. The number of carbonyl (C=O) groups excluding carboxylic acids is 3. The highest BCUT2D eigenvalue weighted by Gasteiger charge is 2.23. The number of halogens is 1. The molecule has 0 bridgehead atoms. The number of amides is 3. The molecule has 190 valence electrons. The van der Waals surface area contributed by atoms with Gasteiger partial charge in [0.1, 0.15) is 11.8 Å². The van der Waals surface area contributed by atoms with Crippen molar-refractivity contribution >= 4 is 41.4 Å². The van der Waals surface area contributed by atoms with Gasteiger partial charge in [0.05, 0.1) is 10.6 Å². The molecular weight excluding hydrogens is 500 g/mol. The monoisotopic (exact) mass is 522 g/mol. The Morgan fingerprint density at radius 1 is 1.00 bits per heavy atom. The van der Waals surface area contributed by atoms with Gasteiger partial charge in [0, 0.05) is 37.1 Å². The fourth-order valence-electron chi connectivity index (χ4n) is 3.14. The smallest absolute Gasteiger partial charge is 0.328 e. The number of carboxylic acids is 1. The number of phenols is 1. The lowest BCUT2D eigenvalue weighted by atomic mass is 10.1. The van der Waals surface area contributed by atoms with E-state index in [1.165, 1.54) is 42.5 Å². The van der Waals surface area contributed by atoms with Crippen LogP contribution in [0.2, 0.25) is 5.02 Å². The summed E-state index contributed by atoms with van der Waals surface area (Å²) in [6, 6.07) is 12.4. The van der Waals surface area contributed by atoms with Crippen LogP contribution in [0.1, 0.15) is 31.8 Å². The Hall–Kier alpha value is -4.70. The molecule has 0 spiro atoms. The van der Waals surface area contributed by atoms with Crippen LogP contribution in [0.5, 0.6) is 5.75 Å². The number of benzene rings is 2. The van der Waals surface area contributed by atoms with Crippen molar-refractivity contribution in [3.05, 3.63) is 100 Å². The second-order valence-corrected chi connectivity index (χ2v) is 8.18. The number of nitrogens with one attached hydrogen (secondary N) is 3. The predicted molar refractivity (Wildman–Crippen MR) is 136 cm³/mol. The molecule has 0 aliphatic carbocycles. The summed E-state index contributed by atoms with van der Waals surface area (Å²) in [5.41, 5.74) is 1.52. The van der Waals surface area contributed by atoms with Gasteiger partial charge in [-0.1, -0.05) is 29.8 Å². The minimum atomic E-state index is -1.43. The van der Waals surface area contributed by atoms with E-state index in [2.05, 4.69) is 20.9 Å². The van der Waals surface area contributed by atoms with Crippen LogP contribution >= 0.6 is 11.6 Å². The molecule has 0 saturated heterocycles. The third-order valence-electron chi connectivity index (χ3n) is 5.03. The lowest BCUT2D eigenvalue weighted by Gasteiger charge is -2.15. The number of nitrogens with zero attached hydrogens (tertiary/aromatic N) is 1. The highest BCUT2D eigenvalue weighted by atomic mass is 35.5. The van der Waals surface area contributed by atoms with Crippen LogP contribution < -0.4 is 16.0 Å². The van der Waals surface area contributed by atoms with Gasteiger partial charge < -0.3 is 26.2 Å². The number of rotatable bonds is 10. The van der Waals surface area contributed by atoms with Gasteiger partial charge in [0.15, 0.2) is 0 Å². The van der Waals surface area contributed by atoms with Crippen molar-refractivity contribution in [2.75, 3.05) is 6.54 Å². The topological polar surface area (TPSA) is 158 Å². The molecule has 1 heterocycles. The van der Waals surface area contributed by atoms with Gasteiger partial charge in [-0.15, -0.1) is 0 Å². The summed E-state index contributed by atoms with van der Waals surface area (Å²) in [6.07, 6.45) is 5.87. The summed E-state index contributed by atoms with van der Waals surface area (Å²) in [6.45, 7) is -0.207. The zero-order valence-electron chi connectivity index (χ0n) is 19.3. The van der Waals surface area contributed by atoms with Gasteiger partial charge in [-0.3, -0.25) is 19.4 Å². The maximum atomic E-state index is 12.6. The van der Waals surface area contributed by atoms with Crippen molar-refractivity contribution in [3.63, 3.8) is 0 Å². The number of pyridine rings is 1. The minimum Gasteiger partial charge on any atom is -0.508 e. The van der Waals surface area contributed by atoms with Crippen molar-refractivity contribution in [2.24, 2.45) is 0 Å². The Morgan fingerprint density at radius 3 is 2.49 bits per heavy atom. The van der Waals surface area contributed by atoms with Gasteiger partial charge >= 0.3 is 5.97 Å². The molecule has 10 nitrogen and oxygen atoms in total. The van der Waals surface area contributed by atoms with Gasteiger partial charge in [-0.05, 0) is 53.6 Å². The standard InChI is InChI=1S/C26H23ClN4O6/c27-21-12-18(24(34)30-14-17-3-1-5-19(32)11-17)7-8-20(21)25(35)31-22(26(36)37)15-29-23(33)9-6-16-4-2-10-28-13-16/h1-13,22,32H,14-15H2,(H,29,33)(H,30,34)(H,31,35)(H,36,37)/b9-6+/t22-/m0/s1. The summed E-state index contributed by atoms with van der Waals surface area (Å²) in [4.78, 5) is 52.6. The predicted octanol–water partition coefficient (Wildman–Crippen LogP) is 2.38. The maximum Gasteiger partial charge on any atom is 0.328 e. The molecule has 0 fully saturated rings. The zero-order chi connectivity index (χ0) is 26.8. The normalized spacial score (nSPS) is 11.5. The number of aromatic hydroxyl groups is 1. The quantitative estimate of drug-likeness (QED) is 0.256. The SMILES string of the molecule is O=C(/C=C/c1cccnc1)NC[C@H](NC(=O)c1ccc(C(=O)NCc2cccc(O)c2)cc1Cl)C(=O)O. The molecule has 0 aliphatic rings. The average Bonchev–Trinajstić information content (AvgIpc) is 2.88. The van der Waals surface area contributed by atoms with Gasteiger partial charge in [0.2, 0.25) is 5.91 Å². The zero-order valence-corrected chi connectivity index (χ0v) is 20.1. The molecular formula is C26H23ClN4O6. The van der Waals surface area contributed by atoms with Crippen molar-refractivity contribution in [1.82, 2.24) is 20.9 Å². The first-order chi connectivity index (χ1) is 17.7. The van der Waals surface area contributed by atoms with E-state index >= 15 is 0 Å². The molecule has 2 aromatic carbocycles. The number of carboxylic acid groups (broad SMARTS) is 1. The summed E-state index contributed by atoms with van der Waals surface area (Å²) >= 11 is 6.19. The van der Waals surface area contributed by atoms with E-state index in [9.17, 15) is 29.4 Å². The molecule has 11 heteroatoms. The summed E-state index contributed by atoms with van der Waals surface area (Å²) in [7, 11) is 0. The second kappa shape index (κ2) is 12.8. The van der Waals surface area contributed by atoms with Crippen LogP contribution in [0.15, 0.2) is 73.1 Å². The second-order valence-electron chi connectivity index (χ2n) is 7.78. The Kier molecular flexibility index (Phi) is 9.34. The van der Waals surface area contributed by atoms with E-state index in [-0.39, 0.29) is 35.0 Å². The van der Waals surface area contributed by atoms with E-state index in [4.69, 9.17) is 11.6 Å². The number of phenolic OH excluding ortho intramolecular Hbond substituents is 1. The molecule has 3 aromatic rings. The summed E-state index contributed by atoms with van der Waals surface area (Å²) < 4.78 is 0. The highest BCUT2D eigenvalue weighted by molar-refractivity contribution is 6.34. The van der Waals surface area contributed by atoms with E-state index < -0.39 is 29.7 Å². The van der Waals surface area contributed by atoms with E-state index in [1.807, 2.05) is 0 Å². The lowest BCUT2D eigenvalue weighted by Crippen LogP contribution is -2.48. The van der Waals surface area contributed by atoms with Crippen LogP contribution in [0.4, 0.5) is 0 Å². The first-order valence-electron chi connectivity index (χ1n) is 11.0. The maximum absolute atomic E-state index is 12.6. The average molecular weight is 523 g/mol. The minimum absolute atomic E-state index is 0.0414. The van der Waals surface area contributed by atoms with Crippen molar-refractivity contribution in [2.45, 2.75) is 12.6 Å². The fourth-order valence-corrected chi connectivity index (χ4v) is 3.40. The number of carbonyl (C=O) groups is 4. The number of aromatic nitrogens is 1. The van der Waals surface area contributed by atoms with Gasteiger partial charge in [0.25, 0.3) is 11.8 Å². The van der Waals surface area contributed by atoms with E-state index in [0.29, 0.717) is 11.1 Å². The van der Waals surface area contributed by atoms with Gasteiger partial charge in [-0.25, -0.2) is 4.79 Å². The molecule has 0 aliphatic heterocycles. The summed E-state index contributed by atoms with van der Waals surface area (Å²) in [5, 5.41) is 26.3. The first kappa shape index (κ1) is 26.9. The van der Waals surface area contributed by atoms with Crippen molar-refractivity contribution in [3.8, 4) is 5.75 Å². The number of hydrogen-bond donors (Lipinski definition) is 5. The van der Waals surface area contributed by atoms with Crippen molar-refractivity contribution in [1.29, 1.82) is 0 Å². The Morgan fingerprint density at radius 2 is 1.81 bits per heavy atom. The number of aliphatic carboxylic acids is 1. The molecule has 1 aromatic heterocycles. The molecule has 3 rings (SSSR count). The Bertz CT molecular complexity index is 1330. The molecule has 0 unspecified atom stereocenters. The highest BCUT2D eigenvalue weighted by Crippen LogP contribution is 2.19. The lowest BCUT2D eigenvalue weighted by molar-refractivity contribution is -0.139. The van der Waals surface area contributed by atoms with Crippen molar-refractivity contribution < 1.29 is 29.4 Å². The third-order valence-corrected chi connectivity index (χ3v) is 5.35. The molecule has 3 amide bonds. The van der Waals surface area contributed by atoms with E-state index in [1.54, 1.807) is 36.7 Å². The van der Waals surface area contributed by atoms with Gasteiger partial charge in [-0.2, -0.15) is 0 Å². The van der Waals surface area contributed by atoms with Crippen LogP contribution in [0.25, 0.3) is 6.08 Å². The van der Waals surface area contributed by atoms with Crippen LogP contribution in [0, 0.1) is 0 Å². The Labute approximate surface area is 217 Å². The molecule has 0 saturated carbocycles. The fraction of sp³-hybridized carbons (Fsp3) is 0.115. The number of hydrogen-bond acceptors (Lipinski definition) is 6. The van der Waals surface area contributed by atoms with Crippen LogP contribution in [0.3, 0.4) is 0 Å². The molecule has 37 heavy (non-hydrogen) atoms. The molecule has 5 N–H and O–H groups in total. The molecule has 0 radical (unpaired) electrons. The first-order valence-corrected chi connectivity index (χ1v) is 11.4. The summed E-state index contributed by atoms with van der Waals surface area (Å²) in [5.74, 6) is -3.08. The Balaban J connectivity index is 1.57. The third kappa shape index (κ3) is 8.18.